The van der Waals surface area contributed by atoms with E-state index >= 15 is 0 Å². The van der Waals surface area contributed by atoms with Crippen molar-refractivity contribution in [2.24, 2.45) is 0 Å². The van der Waals surface area contributed by atoms with E-state index < -0.39 is 0 Å². The summed E-state index contributed by atoms with van der Waals surface area (Å²) in [6.45, 7) is 7.29. The minimum Gasteiger partial charge on any atom is -0.370 e. The third-order valence-corrected chi connectivity index (χ3v) is 5.98. The molecule has 8 heteroatoms. The summed E-state index contributed by atoms with van der Waals surface area (Å²) in [5.41, 5.74) is 1.43. The van der Waals surface area contributed by atoms with E-state index in [-0.39, 0.29) is 11.5 Å². The van der Waals surface area contributed by atoms with Crippen molar-refractivity contribution < 1.29 is 14.4 Å². The Morgan fingerprint density at radius 1 is 1.41 bits per heavy atom. The topological polar surface area (TPSA) is 77.1 Å². The predicted molar refractivity (Wildman–Crippen MR) is 105 cm³/mol. The molecule has 1 aliphatic heterocycles. The molecule has 0 bridgehead atoms. The number of aryl methyl sites for hydroxylation is 1. The van der Waals surface area contributed by atoms with E-state index in [2.05, 4.69) is 10.3 Å². The Labute approximate surface area is 160 Å². The van der Waals surface area contributed by atoms with E-state index in [1.165, 1.54) is 20.6 Å². The summed E-state index contributed by atoms with van der Waals surface area (Å²) in [6.07, 6.45) is 2.64. The van der Waals surface area contributed by atoms with Crippen molar-refractivity contribution in [1.82, 2.24) is 14.7 Å². The van der Waals surface area contributed by atoms with Crippen LogP contribution in [0.1, 0.15) is 21.7 Å². The number of pyridine rings is 1. The van der Waals surface area contributed by atoms with Crippen LogP contribution in [0.15, 0.2) is 29.2 Å². The van der Waals surface area contributed by atoms with Gasteiger partial charge in [0.05, 0.1) is 30.0 Å². The standard InChI is InChI=1S/C19H22N4O3S/c1-13-4-2-7-23-16(13)21-18-14(19(23)25)12-15(27-18)17(24)20-5-3-6-22-8-10-26-11-9-22/h2,4,7,12H,3,5-6,8-11H2,1H3,(H,20,24)/p+1. The first-order valence-electron chi connectivity index (χ1n) is 9.24. The van der Waals surface area contributed by atoms with Crippen LogP contribution in [0.5, 0.6) is 0 Å². The third-order valence-electron chi connectivity index (χ3n) is 4.95. The van der Waals surface area contributed by atoms with Crippen molar-refractivity contribution in [1.29, 1.82) is 0 Å². The van der Waals surface area contributed by atoms with Gasteiger partial charge >= 0.3 is 0 Å². The number of hydrogen-bond acceptors (Lipinski definition) is 5. The number of nitrogens with one attached hydrogen (secondary N) is 2. The van der Waals surface area contributed by atoms with Gasteiger partial charge in [-0.2, -0.15) is 0 Å². The van der Waals surface area contributed by atoms with Crippen LogP contribution in [0.25, 0.3) is 15.9 Å². The lowest BCUT2D eigenvalue weighted by Crippen LogP contribution is -3.14. The second-order valence-electron chi connectivity index (χ2n) is 6.85. The fourth-order valence-electron chi connectivity index (χ4n) is 3.41. The van der Waals surface area contributed by atoms with E-state index in [1.54, 1.807) is 12.3 Å². The van der Waals surface area contributed by atoms with Gasteiger partial charge in [0.25, 0.3) is 11.5 Å². The lowest BCUT2D eigenvalue weighted by molar-refractivity contribution is -0.908. The monoisotopic (exact) mass is 387 g/mol. The minimum atomic E-state index is -0.139. The number of nitrogens with zero attached hydrogens (tertiary/aromatic N) is 2. The Bertz CT molecular complexity index is 1040. The van der Waals surface area contributed by atoms with Gasteiger partial charge < -0.3 is 15.0 Å². The van der Waals surface area contributed by atoms with Crippen molar-refractivity contribution in [3.8, 4) is 0 Å². The zero-order valence-electron chi connectivity index (χ0n) is 15.3. The van der Waals surface area contributed by atoms with E-state index in [0.717, 1.165) is 44.8 Å². The van der Waals surface area contributed by atoms with Crippen LogP contribution >= 0.6 is 11.3 Å². The predicted octanol–water partition coefficient (Wildman–Crippen LogP) is 0.253. The molecule has 0 radical (unpaired) electrons. The number of rotatable bonds is 5. The van der Waals surface area contributed by atoms with Crippen molar-refractivity contribution in [3.05, 3.63) is 45.2 Å². The van der Waals surface area contributed by atoms with E-state index in [4.69, 9.17) is 4.74 Å². The van der Waals surface area contributed by atoms with Gasteiger partial charge in [0.15, 0.2) is 0 Å². The van der Waals surface area contributed by atoms with E-state index in [1.807, 2.05) is 19.1 Å². The quantitative estimate of drug-likeness (QED) is 0.616. The van der Waals surface area contributed by atoms with Crippen molar-refractivity contribution in [3.63, 3.8) is 0 Å². The molecule has 0 atom stereocenters. The maximum absolute atomic E-state index is 12.7. The van der Waals surface area contributed by atoms with Gasteiger partial charge in [-0.25, -0.2) is 4.98 Å². The first-order chi connectivity index (χ1) is 13.1. The number of thiophene rings is 1. The molecule has 4 heterocycles. The highest BCUT2D eigenvalue weighted by Crippen LogP contribution is 2.22. The molecule has 3 aromatic heterocycles. The summed E-state index contributed by atoms with van der Waals surface area (Å²) in [5, 5.41) is 3.45. The van der Waals surface area contributed by atoms with Gasteiger partial charge in [-0.15, -0.1) is 11.3 Å². The fraction of sp³-hybridized carbons (Fsp3) is 0.421. The SMILES string of the molecule is Cc1cccn2c(=O)c3cc(C(=O)NCCC[NH+]4CCOCC4)sc3nc12. The molecule has 1 aliphatic rings. The second kappa shape index (κ2) is 7.75. The van der Waals surface area contributed by atoms with Crippen LogP contribution in [-0.2, 0) is 4.74 Å². The van der Waals surface area contributed by atoms with Crippen molar-refractivity contribution >= 4 is 33.1 Å². The van der Waals surface area contributed by atoms with Crippen LogP contribution in [-0.4, -0.2) is 54.7 Å². The van der Waals surface area contributed by atoms with Gasteiger partial charge in [0, 0.05) is 19.2 Å². The second-order valence-corrected chi connectivity index (χ2v) is 7.88. The molecule has 0 spiro atoms. The van der Waals surface area contributed by atoms with Crippen LogP contribution in [0.2, 0.25) is 0 Å². The lowest BCUT2D eigenvalue weighted by atomic mass is 10.3. The van der Waals surface area contributed by atoms with Crippen molar-refractivity contribution in [2.75, 3.05) is 39.4 Å². The van der Waals surface area contributed by atoms with Crippen molar-refractivity contribution in [2.45, 2.75) is 13.3 Å². The molecule has 0 saturated carbocycles. The number of aromatic nitrogens is 2. The van der Waals surface area contributed by atoms with Crippen LogP contribution in [0, 0.1) is 6.92 Å². The van der Waals surface area contributed by atoms with Gasteiger partial charge in [-0.1, -0.05) is 6.07 Å². The molecule has 1 amide bonds. The average Bonchev–Trinajstić information content (AvgIpc) is 3.12. The highest BCUT2D eigenvalue weighted by atomic mass is 32.1. The highest BCUT2D eigenvalue weighted by molar-refractivity contribution is 7.20. The first-order valence-corrected chi connectivity index (χ1v) is 10.1. The van der Waals surface area contributed by atoms with Gasteiger partial charge in [-0.05, 0) is 24.6 Å². The minimum absolute atomic E-state index is 0.134. The molecule has 0 unspecified atom stereocenters. The van der Waals surface area contributed by atoms with E-state index in [0.29, 0.717) is 27.3 Å². The number of fused-ring (bicyclic) bond motifs is 2. The van der Waals surface area contributed by atoms with Gasteiger partial charge in [-0.3, -0.25) is 14.0 Å². The largest absolute Gasteiger partial charge is 0.370 e. The van der Waals surface area contributed by atoms with Crippen LogP contribution in [0.4, 0.5) is 0 Å². The summed E-state index contributed by atoms with van der Waals surface area (Å²) in [7, 11) is 0. The summed E-state index contributed by atoms with van der Waals surface area (Å²) < 4.78 is 6.89. The van der Waals surface area contributed by atoms with Crippen LogP contribution < -0.4 is 15.8 Å². The number of carbonyl (C=O) groups excluding carboxylic acids is 1. The summed E-state index contributed by atoms with van der Waals surface area (Å²) in [4.78, 5) is 32.4. The Hall–Kier alpha value is -2.29. The highest BCUT2D eigenvalue weighted by Gasteiger charge is 2.16. The number of morpholine rings is 1. The molecule has 27 heavy (non-hydrogen) atoms. The van der Waals surface area contributed by atoms with Gasteiger partial charge in [0.1, 0.15) is 23.6 Å². The zero-order chi connectivity index (χ0) is 18.8. The first kappa shape index (κ1) is 18.1. The molecule has 2 N–H and O–H groups in total. The molecular formula is C19H23N4O3S+. The third kappa shape index (κ3) is 3.73. The molecule has 1 saturated heterocycles. The maximum atomic E-state index is 12.7. The molecule has 0 aromatic carbocycles. The fourth-order valence-corrected chi connectivity index (χ4v) is 4.35. The number of ether oxygens (including phenoxy) is 1. The van der Waals surface area contributed by atoms with E-state index in [9.17, 15) is 9.59 Å². The number of carbonyl (C=O) groups is 1. The molecule has 4 rings (SSSR count). The molecule has 3 aromatic rings. The Morgan fingerprint density at radius 2 is 2.22 bits per heavy atom. The summed E-state index contributed by atoms with van der Waals surface area (Å²) >= 11 is 1.27. The smallest absolute Gasteiger partial charge is 0.266 e. The normalized spacial score (nSPS) is 15.4. The number of hydrogen-bond donors (Lipinski definition) is 2. The molecule has 7 nitrogen and oxygen atoms in total. The summed E-state index contributed by atoms with van der Waals surface area (Å²) in [6, 6.07) is 5.41. The van der Waals surface area contributed by atoms with Crippen LogP contribution in [0.3, 0.4) is 0 Å². The Morgan fingerprint density at radius 3 is 3.04 bits per heavy atom. The molecule has 1 fully saturated rings. The Kier molecular flexibility index (Phi) is 5.20. The molecular weight excluding hydrogens is 364 g/mol. The van der Waals surface area contributed by atoms with Gasteiger partial charge in [0.2, 0.25) is 0 Å². The molecule has 142 valence electrons. The number of amides is 1. The maximum Gasteiger partial charge on any atom is 0.266 e. The molecule has 0 aliphatic carbocycles. The Balaban J connectivity index is 1.46. The zero-order valence-corrected chi connectivity index (χ0v) is 16.1. The average molecular weight is 387 g/mol. The lowest BCUT2D eigenvalue weighted by Gasteiger charge is -2.23. The number of quaternary nitrogens is 1. The summed E-state index contributed by atoms with van der Waals surface area (Å²) in [5.74, 6) is -0.139.